The van der Waals surface area contributed by atoms with Gasteiger partial charge in [0, 0.05) is 16.5 Å². The lowest BCUT2D eigenvalue weighted by molar-refractivity contribution is 0.985. The molecule has 8 nitrogen and oxygen atoms in total. The van der Waals surface area contributed by atoms with Crippen molar-refractivity contribution in [2.24, 2.45) is 0 Å². The summed E-state index contributed by atoms with van der Waals surface area (Å²) in [5, 5.41) is 7.43. The fraction of sp³-hybridized carbons (Fsp3) is 0. The van der Waals surface area contributed by atoms with Crippen LogP contribution in [0.3, 0.4) is 0 Å². The Kier molecular flexibility index (Phi) is 8.22. The Bertz CT molecular complexity index is 4280. The van der Waals surface area contributed by atoms with E-state index in [-0.39, 0.29) is 0 Å². The summed E-state index contributed by atoms with van der Waals surface area (Å²) < 4.78 is 11.5. The van der Waals surface area contributed by atoms with E-state index in [2.05, 4.69) is 265 Å². The first kappa shape index (κ1) is 38.8. The van der Waals surface area contributed by atoms with Gasteiger partial charge in [0.15, 0.2) is 8.07 Å². The van der Waals surface area contributed by atoms with Crippen molar-refractivity contribution >= 4 is 106 Å². The van der Waals surface area contributed by atoms with Gasteiger partial charge in [-0.1, -0.05) is 158 Å². The van der Waals surface area contributed by atoms with E-state index in [1.165, 1.54) is 42.6 Å². The van der Waals surface area contributed by atoms with E-state index in [0.717, 1.165) is 73.0 Å². The van der Waals surface area contributed by atoms with Gasteiger partial charge in [-0.3, -0.25) is 17.9 Å². The zero-order valence-corrected chi connectivity index (χ0v) is 38.7. The molecule has 0 aliphatic rings. The molecule has 0 saturated heterocycles. The first-order valence-corrected chi connectivity index (χ1v) is 25.7. The van der Waals surface area contributed by atoms with Crippen LogP contribution in [0.15, 0.2) is 243 Å². The van der Waals surface area contributed by atoms with Crippen LogP contribution in [-0.2, 0) is 0 Å². The Balaban J connectivity index is 1.08. The smallest absolute Gasteiger partial charge is 0.221 e. The van der Waals surface area contributed by atoms with Crippen molar-refractivity contribution in [1.29, 1.82) is 0 Å². The highest BCUT2D eigenvalue weighted by molar-refractivity contribution is 7.20. The van der Waals surface area contributed by atoms with E-state index in [1.54, 1.807) is 0 Å². The number of aromatic nitrogens is 8. The summed E-state index contributed by atoms with van der Waals surface area (Å²) >= 11 is 0. The first-order chi connectivity index (χ1) is 34.7. The van der Waals surface area contributed by atoms with Crippen LogP contribution in [0.5, 0.6) is 0 Å². The maximum atomic E-state index is 5.80. The molecule has 0 saturated carbocycles. The van der Waals surface area contributed by atoms with Crippen molar-refractivity contribution in [3.63, 3.8) is 0 Å². The van der Waals surface area contributed by atoms with Crippen LogP contribution in [0.1, 0.15) is 0 Å². The van der Waals surface area contributed by atoms with Gasteiger partial charge in [-0.25, -0.2) is 15.0 Å². The van der Waals surface area contributed by atoms with Crippen LogP contribution < -0.4 is 20.7 Å². The Morgan fingerprint density at radius 1 is 0.271 bits per heavy atom. The lowest BCUT2D eigenvalue weighted by Crippen LogP contribution is -2.74. The molecule has 0 bridgehead atoms. The molecule has 9 heteroatoms. The van der Waals surface area contributed by atoms with E-state index >= 15 is 0 Å². The van der Waals surface area contributed by atoms with Crippen LogP contribution in [0, 0.1) is 0 Å². The fourth-order valence-corrected chi connectivity index (χ4v) is 16.3. The minimum atomic E-state index is -3.27. The van der Waals surface area contributed by atoms with Crippen molar-refractivity contribution in [1.82, 2.24) is 37.5 Å². The number of hydrogen-bond donors (Lipinski definition) is 0. The highest BCUT2D eigenvalue weighted by Crippen LogP contribution is 2.34. The summed E-state index contributed by atoms with van der Waals surface area (Å²) in [6.45, 7) is 0. The Labute approximate surface area is 401 Å². The lowest BCUT2D eigenvalue weighted by Gasteiger charge is -2.35. The second-order valence-corrected chi connectivity index (χ2v) is 21.9. The highest BCUT2D eigenvalue weighted by Gasteiger charge is 2.43. The Hall–Kier alpha value is -9.31. The minimum absolute atomic E-state index is 0.770. The summed E-state index contributed by atoms with van der Waals surface area (Å²) in [6, 6.07) is 87.8. The van der Waals surface area contributed by atoms with Crippen molar-refractivity contribution in [3.05, 3.63) is 243 Å². The molecule has 0 N–H and O–H groups in total. The molecule has 0 aliphatic carbocycles. The molecule has 70 heavy (non-hydrogen) atoms. The molecule has 6 aromatic heterocycles. The molecule has 0 amide bonds. The predicted molar refractivity (Wildman–Crippen MR) is 288 cm³/mol. The number of pyridine rings is 1. The van der Waals surface area contributed by atoms with Crippen LogP contribution in [0.25, 0.3) is 94.8 Å². The molecule has 0 atom stereocenters. The molecular weight excluding hydrogens is 873 g/mol. The third-order valence-electron chi connectivity index (χ3n) is 14.5. The zero-order chi connectivity index (χ0) is 45.9. The van der Waals surface area contributed by atoms with Gasteiger partial charge in [0.05, 0.1) is 55.2 Å². The average molecular weight is 913 g/mol. The third-order valence-corrected chi connectivity index (χ3v) is 19.2. The van der Waals surface area contributed by atoms with E-state index in [9.17, 15) is 0 Å². The summed E-state index contributed by atoms with van der Waals surface area (Å²) in [5.41, 5.74) is 11.6. The molecule has 0 aliphatic heterocycles. The maximum absolute atomic E-state index is 5.80. The summed E-state index contributed by atoms with van der Waals surface area (Å²) in [7, 11) is -3.27. The monoisotopic (exact) mass is 912 g/mol. The van der Waals surface area contributed by atoms with Gasteiger partial charge < -0.3 is 4.57 Å². The van der Waals surface area contributed by atoms with Crippen molar-refractivity contribution in [2.45, 2.75) is 0 Å². The molecule has 328 valence electrons. The number of rotatable bonds is 7. The Morgan fingerprint density at radius 3 is 1.11 bits per heavy atom. The second kappa shape index (κ2) is 14.8. The topological polar surface area (TPSA) is 62.3 Å². The zero-order valence-electron chi connectivity index (χ0n) is 37.7. The SMILES string of the molecule is c1ccc([Si](c2ccccc2)(c2ccc(-n3c4ccccc4c4ccccc43)cc2)c2cc(-n3c4ccccc4n4c5ccccc5nc34)nc(-n3c4ccccc4n4c5ccccc5nc34)c2)cc1. The third kappa shape index (κ3) is 5.37. The van der Waals surface area contributed by atoms with Crippen molar-refractivity contribution < 1.29 is 0 Å². The van der Waals surface area contributed by atoms with Crippen molar-refractivity contribution in [2.75, 3.05) is 0 Å². The summed E-state index contributed by atoms with van der Waals surface area (Å²) in [6.07, 6.45) is 0. The van der Waals surface area contributed by atoms with Crippen molar-refractivity contribution in [3.8, 4) is 17.3 Å². The minimum Gasteiger partial charge on any atom is -0.309 e. The standard InChI is InChI=1S/C61H40N8Si/c1-3-19-42(20-4-1)70(43-21-5-2-6-22-43,44-37-35-41(36-38-44)65-50-27-11-7-23-46(50)47-24-8-12-28-51(47)65)45-39-58(68-56-33-17-15-31-54(56)66-52-29-13-9-25-48(52)62-60(66)68)64-59(40-45)69-57-34-18-16-32-55(57)67-53-30-14-10-26-49(53)63-61(67)69/h1-40H. The number of benzene rings is 9. The first-order valence-electron chi connectivity index (χ1n) is 23.7. The molecular formula is C61H40N8Si. The van der Waals surface area contributed by atoms with Gasteiger partial charge in [0.1, 0.15) is 11.6 Å². The van der Waals surface area contributed by atoms with Gasteiger partial charge >= 0.3 is 0 Å². The molecule has 6 heterocycles. The second-order valence-electron chi connectivity index (χ2n) is 18.1. The summed E-state index contributed by atoms with van der Waals surface area (Å²) in [4.78, 5) is 16.5. The summed E-state index contributed by atoms with van der Waals surface area (Å²) in [5.74, 6) is 3.14. The number of nitrogens with zero attached hydrogens (tertiary/aromatic N) is 8. The fourth-order valence-electron chi connectivity index (χ4n) is 11.5. The van der Waals surface area contributed by atoms with Gasteiger partial charge in [-0.15, -0.1) is 0 Å². The quantitative estimate of drug-likeness (QED) is 0.118. The van der Waals surface area contributed by atoms with E-state index in [0.29, 0.717) is 0 Å². The number of imidazole rings is 4. The van der Waals surface area contributed by atoms with Crippen LogP contribution >= 0.6 is 0 Å². The maximum Gasteiger partial charge on any atom is 0.221 e. The number of hydrogen-bond acceptors (Lipinski definition) is 3. The van der Waals surface area contributed by atoms with E-state index in [4.69, 9.17) is 15.0 Å². The average Bonchev–Trinajstić information content (AvgIpc) is 4.23. The molecule has 0 unspecified atom stereocenters. The van der Waals surface area contributed by atoms with Crippen LogP contribution in [0.2, 0.25) is 0 Å². The van der Waals surface area contributed by atoms with Gasteiger partial charge in [0.25, 0.3) is 0 Å². The normalized spacial score (nSPS) is 12.3. The largest absolute Gasteiger partial charge is 0.309 e. The van der Waals surface area contributed by atoms with Gasteiger partial charge in [-0.2, -0.15) is 0 Å². The molecule has 0 spiro atoms. The van der Waals surface area contributed by atoms with Crippen LogP contribution in [0.4, 0.5) is 0 Å². The molecule has 15 aromatic rings. The van der Waals surface area contributed by atoms with Gasteiger partial charge in [0.2, 0.25) is 11.6 Å². The molecule has 0 fully saturated rings. The predicted octanol–water partition coefficient (Wildman–Crippen LogP) is 11.0. The van der Waals surface area contributed by atoms with Gasteiger partial charge in [-0.05, 0) is 106 Å². The lowest BCUT2D eigenvalue weighted by atomic mass is 10.2. The Morgan fingerprint density at radius 2 is 0.643 bits per heavy atom. The molecule has 0 radical (unpaired) electrons. The van der Waals surface area contributed by atoms with Crippen LogP contribution in [-0.4, -0.2) is 45.5 Å². The molecule has 15 rings (SSSR count). The number of fused-ring (bicyclic) bond motifs is 13. The number of para-hydroxylation sites is 10. The molecule has 9 aromatic carbocycles. The highest BCUT2D eigenvalue weighted by atomic mass is 28.3. The van der Waals surface area contributed by atoms with E-state index < -0.39 is 8.07 Å². The van der Waals surface area contributed by atoms with E-state index in [1.807, 2.05) is 0 Å².